The van der Waals surface area contributed by atoms with Crippen LogP contribution in [0.4, 0.5) is 5.69 Å². The Bertz CT molecular complexity index is 1810. The van der Waals surface area contributed by atoms with Crippen molar-refractivity contribution in [2.45, 2.75) is 182 Å². The van der Waals surface area contributed by atoms with E-state index in [2.05, 4.69) is 84.5 Å². The number of aliphatic hydroxyl groups excluding tert-OH is 6. The van der Waals surface area contributed by atoms with Crippen LogP contribution >= 0.6 is 0 Å². The third-order valence-electron chi connectivity index (χ3n) is 14.1. The number of hydrogen-bond acceptors (Lipinski definition) is 16. The lowest BCUT2D eigenvalue weighted by molar-refractivity contribution is -0.209. The Morgan fingerprint density at radius 2 is 1.45 bits per heavy atom. The van der Waals surface area contributed by atoms with Crippen LogP contribution in [-0.4, -0.2) is 168 Å². The fourth-order valence-electron chi connectivity index (χ4n) is 9.84. The summed E-state index contributed by atoms with van der Waals surface area (Å²) in [6.45, 7) is 21.9. The summed E-state index contributed by atoms with van der Waals surface area (Å²) in [4.78, 5) is 29.6. The zero-order chi connectivity index (χ0) is 56.1. The Kier molecular flexibility index (Phi) is 33.8. The molecule has 0 amide bonds. The standard InChI is InChI=1S/C28H38N2O3.C19H34O6.C7H14O3.C2H6.2CH4O/c1-22-20-25(21-28(31)33-22)29(2)16-7-19-32-26-13-11-23(12-14-26)8-5-6-17-30-18-15-24-9-3-4-10-27(24)30;1-11-7-13(3)18(22)25-10-19(5,23)17(21)14(4)16(20)12(2)9-15(8-11)24-6;1-4-3-6(8)10-5(2)7(4)9;3*1-2/h3-5,8-14,22,25,28,31H,6-7,15-21H2,1-2H3;11-15,17,21,23H,7-10H2,1-6H3;4-9H,3H2,1-2H3;1-2H3;2*2H,1H3/b8-5-;;;;;/t;11-,12+,13?,14?,15?,17?,19+;4?,5?,6-,7-;;;/m.01.../s1. The van der Waals surface area contributed by atoms with Crippen molar-refractivity contribution >= 4 is 23.5 Å². The minimum absolute atomic E-state index is 0.0926. The Morgan fingerprint density at radius 3 is 2.07 bits per heavy atom. The summed E-state index contributed by atoms with van der Waals surface area (Å²) in [6.07, 6.45) is 8.48. The van der Waals surface area contributed by atoms with Gasteiger partial charge in [0.15, 0.2) is 12.6 Å². The van der Waals surface area contributed by atoms with Gasteiger partial charge in [-0.1, -0.05) is 91.0 Å². The van der Waals surface area contributed by atoms with Crippen molar-refractivity contribution in [1.82, 2.24) is 4.90 Å². The molecule has 2 aromatic rings. The number of aliphatic hydroxyl groups is 7. The molecular formula is C58H100N2O14. The Morgan fingerprint density at radius 1 is 0.811 bits per heavy atom. The average molecular weight is 1050 g/mol. The van der Waals surface area contributed by atoms with Crippen molar-refractivity contribution in [3.05, 3.63) is 65.7 Å². The number of fused-ring (bicyclic) bond motifs is 1. The maximum atomic E-state index is 12.6. The van der Waals surface area contributed by atoms with Crippen LogP contribution in [-0.2, 0) is 35.0 Å². The molecule has 0 aromatic heterocycles. The van der Waals surface area contributed by atoms with Gasteiger partial charge in [0, 0.05) is 77.4 Å². The molecular weight excluding hydrogens is 949 g/mol. The Balaban J connectivity index is 0.000000587. The molecule has 2 aromatic carbocycles. The highest BCUT2D eigenvalue weighted by Crippen LogP contribution is 2.30. The number of benzene rings is 2. The fourth-order valence-corrected chi connectivity index (χ4v) is 9.84. The topological polar surface area (TPSA) is 228 Å². The minimum Gasteiger partial charge on any atom is -0.494 e. The first kappa shape index (κ1) is 68.5. The third-order valence-corrected chi connectivity index (χ3v) is 14.1. The first-order chi connectivity index (χ1) is 35.2. The number of carbonyl (C=O) groups excluding carboxylic acids is 2. The number of Topliss-reactive ketones (excluding diaryl/α,β-unsaturated/α-hetero) is 1. The van der Waals surface area contributed by atoms with Crippen molar-refractivity contribution in [3.63, 3.8) is 0 Å². The lowest BCUT2D eigenvalue weighted by Crippen LogP contribution is -2.50. The van der Waals surface area contributed by atoms with E-state index < -0.39 is 42.3 Å². The average Bonchev–Trinajstić information content (AvgIpc) is 3.81. The van der Waals surface area contributed by atoms with E-state index in [0.29, 0.717) is 38.3 Å². The normalized spacial score (nSPS) is 31.4. The van der Waals surface area contributed by atoms with Gasteiger partial charge in [-0.2, -0.15) is 0 Å². The van der Waals surface area contributed by atoms with Crippen LogP contribution in [0, 0.1) is 29.6 Å². The lowest BCUT2D eigenvalue weighted by Gasteiger charge is -2.36. The second-order valence-corrected chi connectivity index (χ2v) is 20.4. The summed E-state index contributed by atoms with van der Waals surface area (Å²) in [5, 5.41) is 63.1. The highest BCUT2D eigenvalue weighted by molar-refractivity contribution is 5.83. The van der Waals surface area contributed by atoms with Crippen LogP contribution in [0.2, 0.25) is 0 Å². The van der Waals surface area contributed by atoms with Crippen molar-refractivity contribution < 1.29 is 69.0 Å². The molecule has 3 fully saturated rings. The molecule has 14 atom stereocenters. The molecule has 9 unspecified atom stereocenters. The van der Waals surface area contributed by atoms with Crippen LogP contribution in [0.3, 0.4) is 0 Å². The van der Waals surface area contributed by atoms with Gasteiger partial charge in [-0.3, -0.25) is 9.59 Å². The smallest absolute Gasteiger partial charge is 0.308 e. The van der Waals surface area contributed by atoms with Crippen molar-refractivity contribution in [1.29, 1.82) is 0 Å². The molecule has 4 heterocycles. The fraction of sp³-hybridized carbons (Fsp3) is 0.724. The van der Waals surface area contributed by atoms with E-state index in [1.165, 1.54) is 23.7 Å². The zero-order valence-electron chi connectivity index (χ0n) is 47.6. The van der Waals surface area contributed by atoms with Gasteiger partial charge < -0.3 is 69.2 Å². The Hall–Kier alpha value is -3.52. The zero-order valence-corrected chi connectivity index (χ0v) is 47.6. The van der Waals surface area contributed by atoms with Gasteiger partial charge in [-0.15, -0.1) is 0 Å². The van der Waals surface area contributed by atoms with Gasteiger partial charge in [0.1, 0.15) is 23.7 Å². The molecule has 0 bridgehead atoms. The number of methoxy groups -OCH3 is 1. The molecule has 6 rings (SSSR count). The molecule has 0 spiro atoms. The van der Waals surface area contributed by atoms with E-state index in [1.54, 1.807) is 27.9 Å². The summed E-state index contributed by atoms with van der Waals surface area (Å²) >= 11 is 0. The van der Waals surface area contributed by atoms with Gasteiger partial charge in [0.25, 0.3) is 0 Å². The maximum Gasteiger partial charge on any atom is 0.308 e. The summed E-state index contributed by atoms with van der Waals surface area (Å²) in [5.41, 5.74) is 2.40. The number of hydrogen-bond donors (Lipinski definition) is 7. The maximum absolute atomic E-state index is 12.6. The van der Waals surface area contributed by atoms with Crippen molar-refractivity contribution in [3.8, 4) is 5.75 Å². The van der Waals surface area contributed by atoms with E-state index in [1.807, 2.05) is 34.6 Å². The number of cyclic esters (lactones) is 1. The Labute approximate surface area is 445 Å². The number of esters is 1. The molecule has 7 N–H and O–H groups in total. The second kappa shape index (κ2) is 36.5. The van der Waals surface area contributed by atoms with Crippen LogP contribution in [0.15, 0.2) is 54.6 Å². The van der Waals surface area contributed by atoms with Crippen LogP contribution < -0.4 is 9.64 Å². The number of ketones is 1. The summed E-state index contributed by atoms with van der Waals surface area (Å²) in [6, 6.07) is 17.5. The first-order valence-corrected chi connectivity index (χ1v) is 27.0. The molecule has 426 valence electrons. The van der Waals surface area contributed by atoms with Gasteiger partial charge >= 0.3 is 5.97 Å². The molecule has 3 saturated heterocycles. The van der Waals surface area contributed by atoms with Crippen LogP contribution in [0.25, 0.3) is 6.08 Å². The molecule has 74 heavy (non-hydrogen) atoms. The number of ether oxygens (including phenoxy) is 5. The van der Waals surface area contributed by atoms with E-state index in [-0.39, 0.29) is 54.4 Å². The van der Waals surface area contributed by atoms with E-state index in [9.17, 15) is 30.0 Å². The summed E-state index contributed by atoms with van der Waals surface area (Å²) in [5.74, 6) is -0.602. The van der Waals surface area contributed by atoms with E-state index in [0.717, 1.165) is 71.7 Å². The van der Waals surface area contributed by atoms with Crippen molar-refractivity contribution in [2.24, 2.45) is 29.6 Å². The number of carbonyl (C=O) groups is 2. The molecule has 16 nitrogen and oxygen atoms in total. The quantitative estimate of drug-likeness (QED) is 0.0884. The number of rotatable bonds is 11. The molecule has 0 radical (unpaired) electrons. The number of para-hydroxylation sites is 1. The third kappa shape index (κ3) is 23.8. The van der Waals surface area contributed by atoms with Crippen LogP contribution in [0.1, 0.15) is 132 Å². The molecule has 0 saturated carbocycles. The highest BCUT2D eigenvalue weighted by Gasteiger charge is 2.41. The SMILES string of the molecule is CC.CC1CC(N(C)CCCOc2ccc(/C=C\CCN3CCc4ccccc43)cc2)CC(O)O1.CC1C[C@H](O)OC(C)[C@@H]1O.CO.CO.COC1C[C@@H](C)CC(C)C(=O)OC[C@@](C)(O)C(O)C(C)C(=O)[C@H](C)C1. The lowest BCUT2D eigenvalue weighted by atomic mass is 9.80. The second-order valence-electron chi connectivity index (χ2n) is 20.4. The minimum atomic E-state index is -1.68. The molecule has 16 heteroatoms. The first-order valence-electron chi connectivity index (χ1n) is 27.0. The molecule has 4 aliphatic rings. The van der Waals surface area contributed by atoms with Gasteiger partial charge in [-0.05, 0) is 114 Å². The van der Waals surface area contributed by atoms with Gasteiger partial charge in [-0.25, -0.2) is 0 Å². The van der Waals surface area contributed by atoms with Gasteiger partial charge in [0.05, 0.1) is 43.0 Å². The summed E-state index contributed by atoms with van der Waals surface area (Å²) < 4.78 is 27.1. The van der Waals surface area contributed by atoms with Gasteiger partial charge in [0.2, 0.25) is 0 Å². The predicted octanol–water partition coefficient (Wildman–Crippen LogP) is 7.05. The number of nitrogens with zero attached hydrogens (tertiary/aromatic N) is 2. The van der Waals surface area contributed by atoms with Crippen molar-refractivity contribution in [2.75, 3.05) is 66.1 Å². The number of anilines is 1. The van der Waals surface area contributed by atoms with E-state index in [4.69, 9.17) is 39.0 Å². The molecule has 4 aliphatic heterocycles. The largest absolute Gasteiger partial charge is 0.494 e. The summed E-state index contributed by atoms with van der Waals surface area (Å²) in [7, 11) is 5.75. The highest BCUT2D eigenvalue weighted by atomic mass is 16.6. The monoisotopic (exact) mass is 1050 g/mol. The predicted molar refractivity (Wildman–Crippen MR) is 293 cm³/mol. The van der Waals surface area contributed by atoms with E-state index >= 15 is 0 Å². The molecule has 0 aliphatic carbocycles. The van der Waals surface area contributed by atoms with Crippen LogP contribution in [0.5, 0.6) is 5.75 Å².